The second-order valence-corrected chi connectivity index (χ2v) is 4.82. The molecule has 1 fully saturated rings. The summed E-state index contributed by atoms with van der Waals surface area (Å²) >= 11 is 0. The summed E-state index contributed by atoms with van der Waals surface area (Å²) < 4.78 is 0. The van der Waals surface area contributed by atoms with Gasteiger partial charge in [0.1, 0.15) is 0 Å². The summed E-state index contributed by atoms with van der Waals surface area (Å²) in [5, 5.41) is 0. The molecule has 2 rings (SSSR count). The standard InChI is InChI=1S/C14H19NO/c1-10(2)15-11(3)14(16)13(15)9-12-7-5-4-6-8-12/h4-8,10-11,13H,9H2,1-3H3/t11-,13+/m1/s1. The molecule has 2 heteroatoms. The van der Waals surface area contributed by atoms with Crippen LogP contribution in [0.2, 0.25) is 0 Å². The number of rotatable bonds is 3. The first-order valence-corrected chi connectivity index (χ1v) is 5.96. The lowest BCUT2D eigenvalue weighted by atomic mass is 9.86. The van der Waals surface area contributed by atoms with Crippen LogP contribution in [0.1, 0.15) is 26.3 Å². The lowest BCUT2D eigenvalue weighted by Crippen LogP contribution is -2.66. The van der Waals surface area contributed by atoms with Crippen LogP contribution in [0.4, 0.5) is 0 Å². The van der Waals surface area contributed by atoms with Gasteiger partial charge in [-0.1, -0.05) is 30.3 Å². The fourth-order valence-corrected chi connectivity index (χ4v) is 2.61. The van der Waals surface area contributed by atoms with E-state index < -0.39 is 0 Å². The number of carbonyl (C=O) groups excluding carboxylic acids is 1. The number of hydrogen-bond acceptors (Lipinski definition) is 2. The maximum absolute atomic E-state index is 11.8. The molecular formula is C14H19NO. The average Bonchev–Trinajstić information content (AvgIpc) is 2.28. The van der Waals surface area contributed by atoms with Crippen LogP contribution in [0.3, 0.4) is 0 Å². The number of nitrogens with zero attached hydrogens (tertiary/aromatic N) is 1. The van der Waals surface area contributed by atoms with Crippen molar-refractivity contribution in [2.24, 2.45) is 0 Å². The highest BCUT2D eigenvalue weighted by molar-refractivity contribution is 5.94. The molecule has 0 saturated carbocycles. The highest BCUT2D eigenvalue weighted by Gasteiger charge is 2.45. The van der Waals surface area contributed by atoms with Gasteiger partial charge in [0.25, 0.3) is 0 Å². The van der Waals surface area contributed by atoms with Gasteiger partial charge in [0.2, 0.25) is 0 Å². The van der Waals surface area contributed by atoms with Crippen LogP contribution < -0.4 is 0 Å². The predicted octanol–water partition coefficient (Wildman–Crippen LogP) is 2.28. The number of hydrogen-bond donors (Lipinski definition) is 0. The topological polar surface area (TPSA) is 20.3 Å². The Hall–Kier alpha value is -1.15. The van der Waals surface area contributed by atoms with E-state index in [-0.39, 0.29) is 12.1 Å². The smallest absolute Gasteiger partial charge is 0.167 e. The minimum Gasteiger partial charge on any atom is -0.296 e. The summed E-state index contributed by atoms with van der Waals surface area (Å²) in [6.45, 7) is 6.31. The molecular weight excluding hydrogens is 198 g/mol. The third-order valence-corrected chi connectivity index (χ3v) is 3.42. The van der Waals surface area contributed by atoms with Crippen LogP contribution in [0, 0.1) is 0 Å². The number of likely N-dealkylation sites (tertiary alicyclic amines) is 1. The monoisotopic (exact) mass is 217 g/mol. The van der Waals surface area contributed by atoms with Crippen molar-refractivity contribution < 1.29 is 4.79 Å². The molecule has 2 nitrogen and oxygen atoms in total. The molecule has 16 heavy (non-hydrogen) atoms. The average molecular weight is 217 g/mol. The number of carbonyl (C=O) groups is 1. The summed E-state index contributed by atoms with van der Waals surface area (Å²) in [5.74, 6) is 0.387. The normalized spacial score (nSPS) is 25.9. The van der Waals surface area contributed by atoms with Crippen molar-refractivity contribution in [3.8, 4) is 0 Å². The first-order chi connectivity index (χ1) is 7.61. The van der Waals surface area contributed by atoms with Crippen molar-refractivity contribution in [2.75, 3.05) is 0 Å². The molecule has 0 spiro atoms. The van der Waals surface area contributed by atoms with Gasteiger partial charge < -0.3 is 0 Å². The van der Waals surface area contributed by atoms with E-state index in [9.17, 15) is 4.79 Å². The minimum absolute atomic E-state index is 0.0948. The van der Waals surface area contributed by atoms with Gasteiger partial charge >= 0.3 is 0 Å². The molecule has 86 valence electrons. The van der Waals surface area contributed by atoms with E-state index >= 15 is 0 Å². The lowest BCUT2D eigenvalue weighted by Gasteiger charge is -2.48. The van der Waals surface area contributed by atoms with Crippen molar-refractivity contribution in [1.29, 1.82) is 0 Å². The lowest BCUT2D eigenvalue weighted by molar-refractivity contribution is -0.146. The van der Waals surface area contributed by atoms with E-state index in [0.29, 0.717) is 11.8 Å². The first-order valence-electron chi connectivity index (χ1n) is 5.96. The third kappa shape index (κ3) is 1.90. The SMILES string of the molecule is CC(C)N1[C@H](C)C(=O)[C@@H]1Cc1ccccc1. The highest BCUT2D eigenvalue weighted by Crippen LogP contribution is 2.27. The van der Waals surface area contributed by atoms with Gasteiger partial charge in [-0.15, -0.1) is 0 Å². The molecule has 0 amide bonds. The van der Waals surface area contributed by atoms with Crippen molar-refractivity contribution in [3.63, 3.8) is 0 Å². The minimum atomic E-state index is 0.0948. The van der Waals surface area contributed by atoms with Gasteiger partial charge in [-0.25, -0.2) is 0 Å². The second kappa shape index (κ2) is 4.38. The second-order valence-electron chi connectivity index (χ2n) is 4.82. The Kier molecular flexibility index (Phi) is 3.10. The van der Waals surface area contributed by atoms with E-state index in [1.807, 2.05) is 25.1 Å². The molecule has 1 aliphatic heterocycles. The molecule has 2 atom stereocenters. The predicted molar refractivity (Wildman–Crippen MR) is 65.4 cm³/mol. The maximum atomic E-state index is 11.8. The van der Waals surface area contributed by atoms with Gasteiger partial charge in [-0.2, -0.15) is 0 Å². The van der Waals surface area contributed by atoms with Gasteiger partial charge in [0.05, 0.1) is 12.1 Å². The Morgan fingerprint density at radius 2 is 1.88 bits per heavy atom. The zero-order valence-electron chi connectivity index (χ0n) is 10.2. The van der Waals surface area contributed by atoms with E-state index in [0.717, 1.165) is 6.42 Å². The van der Waals surface area contributed by atoms with Crippen LogP contribution in [-0.2, 0) is 11.2 Å². The molecule has 0 bridgehead atoms. The van der Waals surface area contributed by atoms with Gasteiger partial charge in [-0.3, -0.25) is 9.69 Å². The van der Waals surface area contributed by atoms with Crippen molar-refractivity contribution in [1.82, 2.24) is 4.90 Å². The molecule has 0 aromatic heterocycles. The van der Waals surface area contributed by atoms with Gasteiger partial charge in [0.15, 0.2) is 5.78 Å². The molecule has 0 radical (unpaired) electrons. The van der Waals surface area contributed by atoms with E-state index in [4.69, 9.17) is 0 Å². The molecule has 0 N–H and O–H groups in total. The highest BCUT2D eigenvalue weighted by atomic mass is 16.1. The van der Waals surface area contributed by atoms with E-state index in [1.165, 1.54) is 5.56 Å². The molecule has 1 aromatic rings. The molecule has 1 aromatic carbocycles. The Bertz CT molecular complexity index is 372. The quantitative estimate of drug-likeness (QED) is 0.774. The Labute approximate surface area is 97.3 Å². The fourth-order valence-electron chi connectivity index (χ4n) is 2.61. The first kappa shape index (κ1) is 11.3. The van der Waals surface area contributed by atoms with Gasteiger partial charge in [0, 0.05) is 6.04 Å². The number of benzene rings is 1. The number of Topliss-reactive ketones (excluding diaryl/α,β-unsaturated/α-hetero) is 1. The number of ketones is 1. The summed E-state index contributed by atoms with van der Waals surface area (Å²) in [4.78, 5) is 14.1. The largest absolute Gasteiger partial charge is 0.296 e. The van der Waals surface area contributed by atoms with Crippen molar-refractivity contribution in [2.45, 2.75) is 45.3 Å². The summed E-state index contributed by atoms with van der Waals surface area (Å²) in [6, 6.07) is 10.9. The maximum Gasteiger partial charge on any atom is 0.167 e. The van der Waals surface area contributed by atoms with Crippen LogP contribution in [-0.4, -0.2) is 28.8 Å². The third-order valence-electron chi connectivity index (χ3n) is 3.42. The van der Waals surface area contributed by atoms with Crippen LogP contribution in [0.25, 0.3) is 0 Å². The summed E-state index contributed by atoms with van der Waals surface area (Å²) in [6.07, 6.45) is 0.849. The van der Waals surface area contributed by atoms with Crippen LogP contribution >= 0.6 is 0 Å². The fraction of sp³-hybridized carbons (Fsp3) is 0.500. The summed E-state index contributed by atoms with van der Waals surface area (Å²) in [7, 11) is 0. The van der Waals surface area contributed by atoms with Crippen LogP contribution in [0.15, 0.2) is 30.3 Å². The zero-order chi connectivity index (χ0) is 11.7. The Morgan fingerprint density at radius 1 is 1.25 bits per heavy atom. The zero-order valence-corrected chi connectivity index (χ0v) is 10.2. The van der Waals surface area contributed by atoms with Gasteiger partial charge in [-0.05, 0) is 32.8 Å². The van der Waals surface area contributed by atoms with E-state index in [1.54, 1.807) is 0 Å². The molecule has 1 saturated heterocycles. The Morgan fingerprint density at radius 3 is 2.44 bits per heavy atom. The van der Waals surface area contributed by atoms with E-state index in [2.05, 4.69) is 30.9 Å². The Balaban J connectivity index is 2.08. The van der Waals surface area contributed by atoms with Crippen molar-refractivity contribution >= 4 is 5.78 Å². The molecule has 0 unspecified atom stereocenters. The molecule has 1 aliphatic rings. The van der Waals surface area contributed by atoms with Crippen molar-refractivity contribution in [3.05, 3.63) is 35.9 Å². The summed E-state index contributed by atoms with van der Waals surface area (Å²) in [5.41, 5.74) is 1.25. The molecule has 0 aliphatic carbocycles. The molecule has 1 heterocycles. The van der Waals surface area contributed by atoms with Crippen LogP contribution in [0.5, 0.6) is 0 Å².